The van der Waals surface area contributed by atoms with Crippen molar-refractivity contribution in [3.05, 3.63) is 90.9 Å². The first-order valence-electron chi connectivity index (χ1n) is 13.0. The van der Waals surface area contributed by atoms with E-state index in [9.17, 15) is 18.8 Å². The smallest absolute Gasteiger partial charge is 0.247 e. The maximum absolute atomic E-state index is 14.6. The van der Waals surface area contributed by atoms with Crippen molar-refractivity contribution in [3.8, 4) is 11.1 Å². The third-order valence-electron chi connectivity index (χ3n) is 7.37. The standard InChI is InChI=1S/C31H26FN5O3/c1-19(38)27-17-36(28-9-7-22(13-26(27)28)23-10-11-33-34-15-23)18-30(39)37-16-24(32)14-29(37)31(40)35-25-8-6-20-4-2-3-5-21(20)12-25/h2-13,15,17,24,29H,14,16,18H2,1H3,(H,35,40). The number of halogens is 1. The van der Waals surface area contributed by atoms with Gasteiger partial charge in [-0.25, -0.2) is 4.39 Å². The highest BCUT2D eigenvalue weighted by atomic mass is 19.1. The molecule has 3 aromatic carbocycles. The molecule has 200 valence electrons. The van der Waals surface area contributed by atoms with Crippen LogP contribution >= 0.6 is 0 Å². The Bertz CT molecular complexity index is 1770. The minimum Gasteiger partial charge on any atom is -0.337 e. The molecule has 2 atom stereocenters. The van der Waals surface area contributed by atoms with Crippen LogP contribution in [0, 0.1) is 0 Å². The molecule has 8 nitrogen and oxygen atoms in total. The molecule has 1 fully saturated rings. The molecule has 2 unspecified atom stereocenters. The van der Waals surface area contributed by atoms with Gasteiger partial charge in [0.1, 0.15) is 18.8 Å². The van der Waals surface area contributed by atoms with Gasteiger partial charge in [-0.15, -0.1) is 0 Å². The van der Waals surface area contributed by atoms with Crippen LogP contribution in [0.15, 0.2) is 85.3 Å². The predicted octanol–water partition coefficient (Wildman–Crippen LogP) is 5.03. The van der Waals surface area contributed by atoms with Crippen LogP contribution in [-0.4, -0.2) is 56.0 Å². The fraction of sp³-hybridized carbons (Fsp3) is 0.194. The molecule has 0 radical (unpaired) electrons. The van der Waals surface area contributed by atoms with Crippen molar-refractivity contribution in [1.29, 1.82) is 0 Å². The number of likely N-dealkylation sites (tertiary alicyclic amines) is 1. The molecule has 0 bridgehead atoms. The van der Waals surface area contributed by atoms with Gasteiger partial charge in [0, 0.05) is 40.3 Å². The zero-order chi connectivity index (χ0) is 27.8. The van der Waals surface area contributed by atoms with Gasteiger partial charge in [0.2, 0.25) is 11.8 Å². The largest absolute Gasteiger partial charge is 0.337 e. The van der Waals surface area contributed by atoms with Gasteiger partial charge in [0.25, 0.3) is 0 Å². The average molecular weight is 536 g/mol. The summed E-state index contributed by atoms with van der Waals surface area (Å²) < 4.78 is 16.3. The van der Waals surface area contributed by atoms with Gasteiger partial charge < -0.3 is 14.8 Å². The van der Waals surface area contributed by atoms with Gasteiger partial charge in [0.15, 0.2) is 5.78 Å². The summed E-state index contributed by atoms with van der Waals surface area (Å²) >= 11 is 0. The minimum atomic E-state index is -1.30. The zero-order valence-corrected chi connectivity index (χ0v) is 21.8. The van der Waals surface area contributed by atoms with E-state index in [1.165, 1.54) is 11.8 Å². The Hall–Kier alpha value is -4.92. The highest BCUT2D eigenvalue weighted by Crippen LogP contribution is 2.29. The summed E-state index contributed by atoms with van der Waals surface area (Å²) in [5.74, 6) is -0.965. The van der Waals surface area contributed by atoms with E-state index in [1.807, 2.05) is 60.7 Å². The first kappa shape index (κ1) is 25.4. The summed E-state index contributed by atoms with van der Waals surface area (Å²) in [5.41, 5.74) is 3.46. The second kappa shape index (κ2) is 10.3. The van der Waals surface area contributed by atoms with E-state index >= 15 is 0 Å². The van der Waals surface area contributed by atoms with Crippen molar-refractivity contribution in [3.63, 3.8) is 0 Å². The molecule has 9 heteroatoms. The predicted molar refractivity (Wildman–Crippen MR) is 151 cm³/mol. The Morgan fingerprint density at radius 3 is 2.58 bits per heavy atom. The number of aromatic nitrogens is 3. The van der Waals surface area contributed by atoms with Gasteiger partial charge in [-0.05, 0) is 53.6 Å². The lowest BCUT2D eigenvalue weighted by Crippen LogP contribution is -2.44. The molecule has 1 aliphatic heterocycles. The van der Waals surface area contributed by atoms with Gasteiger partial charge in [-0.2, -0.15) is 10.2 Å². The van der Waals surface area contributed by atoms with Gasteiger partial charge in [-0.1, -0.05) is 36.4 Å². The van der Waals surface area contributed by atoms with Crippen LogP contribution in [0.4, 0.5) is 10.1 Å². The second-order valence-corrected chi connectivity index (χ2v) is 10.0. The number of carbonyl (C=O) groups is 3. The van der Waals surface area contributed by atoms with Crippen molar-refractivity contribution < 1.29 is 18.8 Å². The van der Waals surface area contributed by atoms with Crippen molar-refractivity contribution >= 4 is 45.0 Å². The summed E-state index contributed by atoms with van der Waals surface area (Å²) in [6.45, 7) is 1.18. The number of nitrogens with one attached hydrogen (secondary N) is 1. The Balaban J connectivity index is 1.25. The minimum absolute atomic E-state index is 0.0698. The van der Waals surface area contributed by atoms with Crippen LogP contribution in [0.25, 0.3) is 32.8 Å². The van der Waals surface area contributed by atoms with Gasteiger partial charge in [0.05, 0.1) is 18.9 Å². The lowest BCUT2D eigenvalue weighted by atomic mass is 10.0. The zero-order valence-electron chi connectivity index (χ0n) is 21.8. The third kappa shape index (κ3) is 4.82. The number of benzene rings is 3. The topological polar surface area (TPSA) is 97.2 Å². The van der Waals surface area contributed by atoms with Crippen LogP contribution in [0.3, 0.4) is 0 Å². The Labute approximate surface area is 229 Å². The highest BCUT2D eigenvalue weighted by molar-refractivity contribution is 6.08. The average Bonchev–Trinajstić information content (AvgIpc) is 3.54. The van der Waals surface area contributed by atoms with Crippen molar-refractivity contribution in [2.45, 2.75) is 32.1 Å². The molecule has 1 N–H and O–H groups in total. The number of anilines is 1. The van der Waals surface area contributed by atoms with Crippen LogP contribution < -0.4 is 5.32 Å². The number of Topliss-reactive ketones (excluding diaryl/α,β-unsaturated/α-hetero) is 1. The molecular formula is C31H26FN5O3. The summed E-state index contributed by atoms with van der Waals surface area (Å²) in [5, 5.41) is 13.3. The number of amides is 2. The summed E-state index contributed by atoms with van der Waals surface area (Å²) in [4.78, 5) is 40.5. The highest BCUT2D eigenvalue weighted by Gasteiger charge is 2.40. The van der Waals surface area contributed by atoms with E-state index in [1.54, 1.807) is 29.2 Å². The molecule has 6 rings (SSSR count). The van der Waals surface area contributed by atoms with Crippen LogP contribution in [0.5, 0.6) is 0 Å². The monoisotopic (exact) mass is 535 g/mol. The number of alkyl halides is 1. The molecule has 5 aromatic rings. The van der Waals surface area contributed by atoms with E-state index < -0.39 is 24.0 Å². The fourth-order valence-corrected chi connectivity index (χ4v) is 5.39. The molecular weight excluding hydrogens is 509 g/mol. The Morgan fingerprint density at radius 2 is 1.80 bits per heavy atom. The summed E-state index contributed by atoms with van der Waals surface area (Å²) in [7, 11) is 0. The Kier molecular flexibility index (Phi) is 6.55. The number of carbonyl (C=O) groups excluding carboxylic acids is 3. The number of rotatable bonds is 6. The van der Waals surface area contributed by atoms with Crippen LogP contribution in [-0.2, 0) is 16.1 Å². The number of hydrogen-bond acceptors (Lipinski definition) is 5. The molecule has 1 aliphatic rings. The quantitative estimate of drug-likeness (QED) is 0.308. The van der Waals surface area contributed by atoms with Crippen molar-refractivity contribution in [2.75, 3.05) is 11.9 Å². The number of hydrogen-bond donors (Lipinski definition) is 1. The lowest BCUT2D eigenvalue weighted by molar-refractivity contribution is -0.137. The van der Waals surface area contributed by atoms with Crippen molar-refractivity contribution in [2.24, 2.45) is 0 Å². The van der Waals surface area contributed by atoms with E-state index in [0.29, 0.717) is 22.2 Å². The lowest BCUT2D eigenvalue weighted by Gasteiger charge is -2.24. The molecule has 0 spiro atoms. The molecule has 0 aliphatic carbocycles. The first-order chi connectivity index (χ1) is 19.4. The maximum Gasteiger partial charge on any atom is 0.247 e. The first-order valence-corrected chi connectivity index (χ1v) is 13.0. The SMILES string of the molecule is CC(=O)c1cn(CC(=O)N2CC(F)CC2C(=O)Nc2ccc3ccccc3c2)c2ccc(-c3ccnnc3)cc12. The second-order valence-electron chi connectivity index (χ2n) is 10.0. The van der Waals surface area contributed by atoms with Crippen LogP contribution in [0.1, 0.15) is 23.7 Å². The normalized spacial score (nSPS) is 16.9. The van der Waals surface area contributed by atoms with E-state index in [2.05, 4.69) is 15.5 Å². The number of nitrogens with zero attached hydrogens (tertiary/aromatic N) is 4. The fourth-order valence-electron chi connectivity index (χ4n) is 5.39. The van der Waals surface area contributed by atoms with E-state index in [4.69, 9.17) is 0 Å². The summed E-state index contributed by atoms with van der Waals surface area (Å²) in [6, 6.07) is 19.8. The third-order valence-corrected chi connectivity index (χ3v) is 7.37. The van der Waals surface area contributed by atoms with E-state index in [0.717, 1.165) is 21.9 Å². The molecule has 3 heterocycles. The summed E-state index contributed by atoms with van der Waals surface area (Å²) in [6.07, 6.45) is 3.50. The number of ketones is 1. The Morgan fingerprint density at radius 1 is 0.975 bits per heavy atom. The van der Waals surface area contributed by atoms with Gasteiger partial charge >= 0.3 is 0 Å². The molecule has 2 aromatic heterocycles. The number of fused-ring (bicyclic) bond motifs is 2. The molecule has 1 saturated heterocycles. The van der Waals surface area contributed by atoms with Crippen molar-refractivity contribution in [1.82, 2.24) is 19.7 Å². The molecule has 40 heavy (non-hydrogen) atoms. The molecule has 0 saturated carbocycles. The van der Waals surface area contributed by atoms with E-state index in [-0.39, 0.29) is 25.3 Å². The maximum atomic E-state index is 14.6. The van der Waals surface area contributed by atoms with Crippen LogP contribution in [0.2, 0.25) is 0 Å². The molecule has 2 amide bonds. The van der Waals surface area contributed by atoms with Gasteiger partial charge in [-0.3, -0.25) is 14.4 Å².